The highest BCUT2D eigenvalue weighted by atomic mass is 127. The standard InChI is InChI=1S/C12H11ClIN3O2S/c1-15-11-3-2-6-16-12(11)20(18,19)17-10-5-4-8(13)7-9(10)14/h2-7,15,17H,1H3. The van der Waals surface area contributed by atoms with E-state index in [1.165, 1.54) is 6.20 Å². The van der Waals surface area contributed by atoms with Crippen LogP contribution < -0.4 is 10.0 Å². The van der Waals surface area contributed by atoms with Gasteiger partial charge in [-0.15, -0.1) is 0 Å². The minimum atomic E-state index is -3.76. The molecule has 0 aliphatic carbocycles. The van der Waals surface area contributed by atoms with Crippen LogP contribution in [0.15, 0.2) is 41.6 Å². The van der Waals surface area contributed by atoms with Gasteiger partial charge >= 0.3 is 0 Å². The Morgan fingerprint density at radius 2 is 2.00 bits per heavy atom. The number of aromatic nitrogens is 1. The van der Waals surface area contributed by atoms with Gasteiger partial charge in [0.25, 0.3) is 10.0 Å². The zero-order valence-corrected chi connectivity index (χ0v) is 14.1. The number of hydrogen-bond acceptors (Lipinski definition) is 4. The molecule has 1 aromatic heterocycles. The monoisotopic (exact) mass is 423 g/mol. The van der Waals surface area contributed by atoms with Crippen LogP contribution >= 0.6 is 34.2 Å². The number of pyridine rings is 1. The average Bonchev–Trinajstić information content (AvgIpc) is 2.42. The molecule has 0 radical (unpaired) electrons. The van der Waals surface area contributed by atoms with Crippen molar-refractivity contribution in [2.45, 2.75) is 5.03 Å². The molecule has 1 heterocycles. The highest BCUT2D eigenvalue weighted by Crippen LogP contribution is 2.26. The number of anilines is 2. The molecule has 0 aliphatic rings. The SMILES string of the molecule is CNc1cccnc1S(=O)(=O)Nc1ccc(Cl)cc1I. The molecule has 8 heteroatoms. The second-order valence-corrected chi connectivity index (χ2v) is 7.03. The van der Waals surface area contributed by atoms with Gasteiger partial charge in [0.2, 0.25) is 0 Å². The Hall–Kier alpha value is -1.06. The third kappa shape index (κ3) is 3.33. The molecule has 2 N–H and O–H groups in total. The number of hydrogen-bond donors (Lipinski definition) is 2. The van der Waals surface area contributed by atoms with Crippen molar-refractivity contribution < 1.29 is 8.42 Å². The van der Waals surface area contributed by atoms with Crippen LogP contribution in [0.25, 0.3) is 0 Å². The largest absolute Gasteiger partial charge is 0.386 e. The lowest BCUT2D eigenvalue weighted by Gasteiger charge is -2.12. The maximum Gasteiger partial charge on any atom is 0.281 e. The highest BCUT2D eigenvalue weighted by Gasteiger charge is 2.20. The molecule has 0 saturated carbocycles. The molecule has 0 bridgehead atoms. The van der Waals surface area contributed by atoms with Gasteiger partial charge in [0.05, 0.1) is 11.4 Å². The maximum absolute atomic E-state index is 12.4. The molecule has 1 aromatic carbocycles. The van der Waals surface area contributed by atoms with E-state index in [0.29, 0.717) is 20.0 Å². The summed E-state index contributed by atoms with van der Waals surface area (Å²) in [5.41, 5.74) is 0.895. The Balaban J connectivity index is 2.41. The third-order valence-corrected chi connectivity index (χ3v) is 4.92. The van der Waals surface area contributed by atoms with Gasteiger partial charge in [-0.3, -0.25) is 4.72 Å². The van der Waals surface area contributed by atoms with Crippen molar-refractivity contribution in [3.05, 3.63) is 45.1 Å². The fourth-order valence-electron chi connectivity index (χ4n) is 1.56. The molecule has 0 unspecified atom stereocenters. The first-order chi connectivity index (χ1) is 9.44. The summed E-state index contributed by atoms with van der Waals surface area (Å²) in [6.07, 6.45) is 1.43. The van der Waals surface area contributed by atoms with E-state index in [1.807, 2.05) is 22.6 Å². The summed E-state index contributed by atoms with van der Waals surface area (Å²) in [7, 11) is -2.12. The first-order valence-electron chi connectivity index (χ1n) is 5.54. The van der Waals surface area contributed by atoms with Crippen molar-refractivity contribution in [1.82, 2.24) is 4.98 Å². The van der Waals surface area contributed by atoms with Gasteiger partial charge in [0, 0.05) is 21.8 Å². The first-order valence-corrected chi connectivity index (χ1v) is 8.48. The van der Waals surface area contributed by atoms with Crippen LogP contribution in [-0.4, -0.2) is 20.4 Å². The quantitative estimate of drug-likeness (QED) is 0.741. The second-order valence-electron chi connectivity index (χ2n) is 3.84. The van der Waals surface area contributed by atoms with E-state index in [0.717, 1.165) is 0 Å². The predicted molar refractivity (Wildman–Crippen MR) is 88.8 cm³/mol. The van der Waals surface area contributed by atoms with Crippen LogP contribution in [0.2, 0.25) is 5.02 Å². The Bertz CT molecular complexity index is 737. The summed E-state index contributed by atoms with van der Waals surface area (Å²) in [6, 6.07) is 8.23. The summed E-state index contributed by atoms with van der Waals surface area (Å²) in [4.78, 5) is 3.92. The van der Waals surface area contributed by atoms with E-state index in [2.05, 4.69) is 15.0 Å². The molecule has 20 heavy (non-hydrogen) atoms. The molecule has 2 aromatic rings. The van der Waals surface area contributed by atoms with Gasteiger partial charge in [0.15, 0.2) is 5.03 Å². The fourth-order valence-corrected chi connectivity index (χ4v) is 3.97. The van der Waals surface area contributed by atoms with Gasteiger partial charge in [-0.05, 0) is 52.9 Å². The molecular formula is C12H11ClIN3O2S. The van der Waals surface area contributed by atoms with Gasteiger partial charge in [-0.1, -0.05) is 11.6 Å². The smallest absolute Gasteiger partial charge is 0.281 e. The molecule has 106 valence electrons. The summed E-state index contributed by atoms with van der Waals surface area (Å²) >= 11 is 7.86. The lowest BCUT2D eigenvalue weighted by molar-refractivity contribution is 0.598. The second kappa shape index (κ2) is 6.15. The number of rotatable bonds is 4. The average molecular weight is 424 g/mol. The Morgan fingerprint density at radius 3 is 2.65 bits per heavy atom. The Kier molecular flexibility index (Phi) is 4.71. The van der Waals surface area contributed by atoms with Crippen molar-refractivity contribution in [3.63, 3.8) is 0 Å². The number of nitrogens with one attached hydrogen (secondary N) is 2. The van der Waals surface area contributed by atoms with Crippen molar-refractivity contribution in [1.29, 1.82) is 0 Å². The molecule has 0 fully saturated rings. The lowest BCUT2D eigenvalue weighted by Crippen LogP contribution is -2.16. The fraction of sp³-hybridized carbons (Fsp3) is 0.0833. The molecule has 0 atom stereocenters. The first kappa shape index (κ1) is 15.3. The van der Waals surface area contributed by atoms with Crippen molar-refractivity contribution >= 4 is 55.6 Å². The van der Waals surface area contributed by atoms with Crippen molar-refractivity contribution in [3.8, 4) is 0 Å². The molecule has 0 aliphatic heterocycles. The van der Waals surface area contributed by atoms with E-state index in [9.17, 15) is 8.42 Å². The van der Waals surface area contributed by atoms with E-state index >= 15 is 0 Å². The van der Waals surface area contributed by atoms with E-state index < -0.39 is 10.0 Å². The summed E-state index contributed by atoms with van der Waals surface area (Å²) in [6.45, 7) is 0. The van der Waals surface area contributed by atoms with Crippen LogP contribution in [-0.2, 0) is 10.0 Å². The van der Waals surface area contributed by atoms with Gasteiger partial charge in [-0.25, -0.2) is 4.98 Å². The zero-order valence-electron chi connectivity index (χ0n) is 10.4. The number of nitrogens with zero attached hydrogens (tertiary/aromatic N) is 1. The summed E-state index contributed by atoms with van der Waals surface area (Å²) in [5.74, 6) is 0. The Morgan fingerprint density at radius 1 is 1.25 bits per heavy atom. The number of halogens is 2. The van der Waals surface area contributed by atoms with Gasteiger partial charge < -0.3 is 5.32 Å². The van der Waals surface area contributed by atoms with Crippen molar-refractivity contribution in [2.75, 3.05) is 17.1 Å². The molecule has 0 amide bonds. The predicted octanol–water partition coefficient (Wildman–Crippen LogP) is 3.18. The molecule has 5 nitrogen and oxygen atoms in total. The topological polar surface area (TPSA) is 71.1 Å². The number of sulfonamides is 1. The van der Waals surface area contributed by atoms with E-state index in [-0.39, 0.29) is 5.03 Å². The summed E-state index contributed by atoms with van der Waals surface area (Å²) < 4.78 is 28.0. The van der Waals surface area contributed by atoms with Crippen LogP contribution in [0.1, 0.15) is 0 Å². The molecule has 2 rings (SSSR count). The normalized spacial score (nSPS) is 11.2. The minimum absolute atomic E-state index is 0.0479. The minimum Gasteiger partial charge on any atom is -0.386 e. The van der Waals surface area contributed by atoms with E-state index in [1.54, 1.807) is 37.4 Å². The van der Waals surface area contributed by atoms with Gasteiger partial charge in [-0.2, -0.15) is 8.42 Å². The molecule has 0 spiro atoms. The Labute approximate surface area is 135 Å². The molecule has 0 saturated heterocycles. The zero-order chi connectivity index (χ0) is 14.8. The third-order valence-electron chi connectivity index (χ3n) is 2.47. The van der Waals surface area contributed by atoms with Crippen molar-refractivity contribution in [2.24, 2.45) is 0 Å². The highest BCUT2D eigenvalue weighted by molar-refractivity contribution is 14.1. The maximum atomic E-state index is 12.4. The van der Waals surface area contributed by atoms with Crippen LogP contribution in [0.3, 0.4) is 0 Å². The number of benzene rings is 1. The molecular weight excluding hydrogens is 413 g/mol. The van der Waals surface area contributed by atoms with Crippen LogP contribution in [0.4, 0.5) is 11.4 Å². The van der Waals surface area contributed by atoms with Crippen LogP contribution in [0.5, 0.6) is 0 Å². The lowest BCUT2D eigenvalue weighted by atomic mass is 10.3. The van der Waals surface area contributed by atoms with Crippen LogP contribution in [0, 0.1) is 3.57 Å². The van der Waals surface area contributed by atoms with E-state index in [4.69, 9.17) is 11.6 Å². The van der Waals surface area contributed by atoms with Gasteiger partial charge in [0.1, 0.15) is 0 Å². The summed E-state index contributed by atoms with van der Waals surface area (Å²) in [5, 5.41) is 3.31.